The molecular weight excluding hydrogens is 254 g/mol. The molecule has 1 aromatic carbocycles. The molecule has 18 heavy (non-hydrogen) atoms. The SMILES string of the molecule is CCOC(C)CNS(=O)(=O)c1ccccc1NN. The fraction of sp³-hybridized carbons (Fsp3) is 0.455. The predicted molar refractivity (Wildman–Crippen MR) is 70.5 cm³/mol. The molecule has 0 aromatic heterocycles. The Morgan fingerprint density at radius 3 is 2.67 bits per heavy atom. The van der Waals surface area contributed by atoms with Gasteiger partial charge in [0.15, 0.2) is 0 Å². The first-order valence-electron chi connectivity index (χ1n) is 5.68. The molecule has 1 atom stereocenters. The maximum atomic E-state index is 12.1. The number of hydrogen-bond acceptors (Lipinski definition) is 5. The van der Waals surface area contributed by atoms with Gasteiger partial charge in [-0.05, 0) is 26.0 Å². The molecule has 0 aliphatic carbocycles. The number of anilines is 1. The lowest BCUT2D eigenvalue weighted by atomic mass is 10.3. The van der Waals surface area contributed by atoms with E-state index in [4.69, 9.17) is 10.6 Å². The van der Waals surface area contributed by atoms with Crippen LogP contribution in [-0.2, 0) is 14.8 Å². The van der Waals surface area contributed by atoms with E-state index >= 15 is 0 Å². The monoisotopic (exact) mass is 273 g/mol. The van der Waals surface area contributed by atoms with Crippen LogP contribution >= 0.6 is 0 Å². The second-order valence-corrected chi connectivity index (χ2v) is 5.49. The highest BCUT2D eigenvalue weighted by atomic mass is 32.2. The molecule has 0 spiro atoms. The van der Waals surface area contributed by atoms with E-state index in [1.54, 1.807) is 25.1 Å². The lowest BCUT2D eigenvalue weighted by Gasteiger charge is -2.14. The Balaban J connectivity index is 2.80. The first-order chi connectivity index (χ1) is 8.51. The van der Waals surface area contributed by atoms with Gasteiger partial charge in [0.05, 0.1) is 11.8 Å². The van der Waals surface area contributed by atoms with Crippen LogP contribution in [0.5, 0.6) is 0 Å². The number of hydrazine groups is 1. The molecule has 0 fully saturated rings. The van der Waals surface area contributed by atoms with Crippen molar-refractivity contribution in [1.29, 1.82) is 0 Å². The molecule has 0 aliphatic heterocycles. The standard InChI is InChI=1S/C11H19N3O3S/c1-3-17-9(2)8-13-18(15,16)11-7-5-4-6-10(11)14-12/h4-7,9,13-14H,3,8,12H2,1-2H3. The Hall–Kier alpha value is -1.15. The van der Waals surface area contributed by atoms with Crippen LogP contribution in [0.1, 0.15) is 13.8 Å². The Kier molecular flexibility index (Phi) is 5.54. The summed E-state index contributed by atoms with van der Waals surface area (Å²) in [5.74, 6) is 5.28. The molecule has 0 heterocycles. The van der Waals surface area contributed by atoms with Gasteiger partial charge in [-0.1, -0.05) is 12.1 Å². The lowest BCUT2D eigenvalue weighted by Crippen LogP contribution is -2.32. The zero-order chi connectivity index (χ0) is 13.6. The zero-order valence-electron chi connectivity index (χ0n) is 10.5. The van der Waals surface area contributed by atoms with Gasteiger partial charge in [0.2, 0.25) is 10.0 Å². The van der Waals surface area contributed by atoms with Gasteiger partial charge in [-0.2, -0.15) is 0 Å². The summed E-state index contributed by atoms with van der Waals surface area (Å²) < 4.78 is 31.9. The summed E-state index contributed by atoms with van der Waals surface area (Å²) in [6, 6.07) is 6.43. The number of nitrogens with two attached hydrogens (primary N) is 1. The Labute approximate surface area is 108 Å². The molecule has 0 amide bonds. The Bertz CT molecular complexity index is 476. The van der Waals surface area contributed by atoms with E-state index in [0.717, 1.165) is 0 Å². The highest BCUT2D eigenvalue weighted by Gasteiger charge is 2.18. The van der Waals surface area contributed by atoms with E-state index in [1.165, 1.54) is 6.07 Å². The summed E-state index contributed by atoms with van der Waals surface area (Å²) in [6.45, 7) is 4.43. The van der Waals surface area contributed by atoms with E-state index < -0.39 is 10.0 Å². The van der Waals surface area contributed by atoms with Crippen molar-refractivity contribution >= 4 is 15.7 Å². The number of nitrogen functional groups attached to an aromatic ring is 1. The normalized spacial score (nSPS) is 13.3. The van der Waals surface area contributed by atoms with Crippen LogP contribution in [0.25, 0.3) is 0 Å². The molecule has 0 radical (unpaired) electrons. The van der Waals surface area contributed by atoms with Crippen molar-refractivity contribution in [1.82, 2.24) is 4.72 Å². The molecule has 7 heteroatoms. The van der Waals surface area contributed by atoms with Gasteiger partial charge < -0.3 is 10.2 Å². The molecule has 1 aromatic rings. The van der Waals surface area contributed by atoms with Crippen molar-refractivity contribution in [2.24, 2.45) is 5.84 Å². The largest absolute Gasteiger partial charge is 0.377 e. The molecule has 0 aliphatic rings. The zero-order valence-corrected chi connectivity index (χ0v) is 11.3. The maximum absolute atomic E-state index is 12.1. The smallest absolute Gasteiger partial charge is 0.242 e. The summed E-state index contributed by atoms with van der Waals surface area (Å²) >= 11 is 0. The van der Waals surface area contributed by atoms with Crippen molar-refractivity contribution in [3.05, 3.63) is 24.3 Å². The minimum absolute atomic E-state index is 0.121. The summed E-state index contributed by atoms with van der Waals surface area (Å²) in [7, 11) is -3.59. The van der Waals surface area contributed by atoms with Crippen LogP contribution in [0.2, 0.25) is 0 Å². The average molecular weight is 273 g/mol. The fourth-order valence-electron chi connectivity index (χ4n) is 1.47. The Morgan fingerprint density at radius 1 is 1.39 bits per heavy atom. The van der Waals surface area contributed by atoms with E-state index in [2.05, 4.69) is 10.1 Å². The number of hydrogen-bond donors (Lipinski definition) is 3. The number of nitrogens with one attached hydrogen (secondary N) is 2. The third-order valence-electron chi connectivity index (χ3n) is 2.34. The van der Waals surface area contributed by atoms with Gasteiger partial charge in [0.25, 0.3) is 0 Å². The minimum Gasteiger partial charge on any atom is -0.377 e. The highest BCUT2D eigenvalue weighted by Crippen LogP contribution is 2.19. The van der Waals surface area contributed by atoms with Gasteiger partial charge in [-0.15, -0.1) is 0 Å². The molecule has 102 valence electrons. The van der Waals surface area contributed by atoms with Gasteiger partial charge in [-0.25, -0.2) is 13.1 Å². The summed E-state index contributed by atoms with van der Waals surface area (Å²) in [5, 5.41) is 0. The molecule has 0 bridgehead atoms. The van der Waals surface area contributed by atoms with Crippen LogP contribution in [-0.4, -0.2) is 27.7 Å². The molecule has 4 N–H and O–H groups in total. The molecule has 6 nitrogen and oxygen atoms in total. The third-order valence-corrected chi connectivity index (χ3v) is 3.83. The van der Waals surface area contributed by atoms with Crippen LogP contribution in [0.3, 0.4) is 0 Å². The van der Waals surface area contributed by atoms with Crippen molar-refractivity contribution in [2.45, 2.75) is 24.8 Å². The van der Waals surface area contributed by atoms with Crippen molar-refractivity contribution in [3.63, 3.8) is 0 Å². The third kappa shape index (κ3) is 3.95. The molecule has 0 saturated heterocycles. The second-order valence-electron chi connectivity index (χ2n) is 3.76. The van der Waals surface area contributed by atoms with Crippen molar-refractivity contribution in [3.8, 4) is 0 Å². The summed E-state index contributed by atoms with van der Waals surface area (Å²) in [5.41, 5.74) is 2.72. The fourth-order valence-corrected chi connectivity index (χ4v) is 2.75. The number of sulfonamides is 1. The predicted octanol–water partition coefficient (Wildman–Crippen LogP) is 0.675. The number of benzene rings is 1. The second kappa shape index (κ2) is 6.69. The van der Waals surface area contributed by atoms with Crippen LogP contribution in [0.15, 0.2) is 29.2 Å². The van der Waals surface area contributed by atoms with Crippen molar-refractivity contribution in [2.75, 3.05) is 18.6 Å². The number of para-hydroxylation sites is 1. The quantitative estimate of drug-likeness (QED) is 0.501. The van der Waals surface area contributed by atoms with Crippen LogP contribution in [0.4, 0.5) is 5.69 Å². The number of ether oxygens (including phenoxy) is 1. The van der Waals surface area contributed by atoms with Crippen molar-refractivity contribution < 1.29 is 13.2 Å². The topological polar surface area (TPSA) is 93.4 Å². The van der Waals surface area contributed by atoms with Crippen LogP contribution < -0.4 is 16.0 Å². The molecule has 0 saturated carbocycles. The summed E-state index contributed by atoms with van der Waals surface area (Å²) in [6.07, 6.45) is -0.178. The number of rotatable bonds is 7. The first-order valence-corrected chi connectivity index (χ1v) is 7.16. The lowest BCUT2D eigenvalue weighted by molar-refractivity contribution is 0.0799. The van der Waals surface area contributed by atoms with E-state index in [1.807, 2.05) is 6.92 Å². The molecule has 1 rings (SSSR count). The van der Waals surface area contributed by atoms with E-state index in [0.29, 0.717) is 12.3 Å². The summed E-state index contributed by atoms with van der Waals surface area (Å²) in [4.78, 5) is 0.121. The van der Waals surface area contributed by atoms with Crippen LogP contribution in [0, 0.1) is 0 Å². The Morgan fingerprint density at radius 2 is 2.06 bits per heavy atom. The molecular formula is C11H19N3O3S. The molecule has 1 unspecified atom stereocenters. The van der Waals surface area contributed by atoms with E-state index in [-0.39, 0.29) is 17.5 Å². The van der Waals surface area contributed by atoms with Gasteiger partial charge >= 0.3 is 0 Å². The van der Waals surface area contributed by atoms with Gasteiger partial charge in [0.1, 0.15) is 4.90 Å². The van der Waals surface area contributed by atoms with Gasteiger partial charge in [0, 0.05) is 13.2 Å². The first kappa shape index (κ1) is 14.9. The van der Waals surface area contributed by atoms with E-state index in [9.17, 15) is 8.42 Å². The van der Waals surface area contributed by atoms with Gasteiger partial charge in [-0.3, -0.25) is 5.84 Å². The average Bonchev–Trinajstić information content (AvgIpc) is 2.37. The minimum atomic E-state index is -3.59. The maximum Gasteiger partial charge on any atom is 0.242 e. The highest BCUT2D eigenvalue weighted by molar-refractivity contribution is 7.89.